The number of thiazole rings is 1. The maximum atomic E-state index is 12.4. The van der Waals surface area contributed by atoms with Gasteiger partial charge >= 0.3 is 0 Å². The molecule has 0 aliphatic heterocycles. The number of aromatic nitrogens is 3. The molecule has 2 aromatic heterocycles. The van der Waals surface area contributed by atoms with E-state index in [-0.39, 0.29) is 4.90 Å². The Morgan fingerprint density at radius 1 is 1.13 bits per heavy atom. The SMILES string of the molecule is Cn1nc(Cc2cccc(Cl)c2)cc1Nc1ccc(S(=O)(=O)Nc2nccs2)cc1. The van der Waals surface area contributed by atoms with Crippen LogP contribution in [0.15, 0.2) is 71.1 Å². The third kappa shape index (κ3) is 4.81. The number of hydrogen-bond acceptors (Lipinski definition) is 6. The summed E-state index contributed by atoms with van der Waals surface area (Å²) in [6.07, 6.45) is 2.21. The zero-order valence-electron chi connectivity index (χ0n) is 15.9. The first-order valence-corrected chi connectivity index (χ1v) is 11.7. The standard InChI is InChI=1S/C20H18ClN5O2S2/c1-26-19(13-17(24-26)12-14-3-2-4-15(21)11-14)23-16-5-7-18(8-6-16)30(27,28)25-20-22-9-10-29-20/h2-11,13,23H,12H2,1H3,(H,22,25). The minimum atomic E-state index is -3.67. The Labute approximate surface area is 183 Å². The summed E-state index contributed by atoms with van der Waals surface area (Å²) >= 11 is 7.27. The van der Waals surface area contributed by atoms with Crippen molar-refractivity contribution in [1.82, 2.24) is 14.8 Å². The first kappa shape index (κ1) is 20.4. The van der Waals surface area contributed by atoms with Crippen LogP contribution >= 0.6 is 22.9 Å². The molecule has 0 fully saturated rings. The van der Waals surface area contributed by atoms with Crippen LogP contribution in [-0.4, -0.2) is 23.2 Å². The minimum Gasteiger partial charge on any atom is -0.340 e. The minimum absolute atomic E-state index is 0.162. The van der Waals surface area contributed by atoms with Crippen molar-refractivity contribution in [1.29, 1.82) is 0 Å². The lowest BCUT2D eigenvalue weighted by Crippen LogP contribution is -2.12. The maximum absolute atomic E-state index is 12.4. The fourth-order valence-electron chi connectivity index (χ4n) is 2.90. The Bertz CT molecular complexity index is 1250. The Kier molecular flexibility index (Phi) is 5.76. The van der Waals surface area contributed by atoms with Gasteiger partial charge in [-0.3, -0.25) is 9.40 Å². The van der Waals surface area contributed by atoms with Crippen molar-refractivity contribution in [3.8, 4) is 0 Å². The molecule has 0 saturated carbocycles. The lowest BCUT2D eigenvalue weighted by Gasteiger charge is -2.08. The molecule has 0 spiro atoms. The highest BCUT2D eigenvalue weighted by Gasteiger charge is 2.15. The van der Waals surface area contributed by atoms with Crippen molar-refractivity contribution >= 4 is 49.6 Å². The molecule has 2 heterocycles. The smallest absolute Gasteiger partial charge is 0.263 e. The zero-order chi connectivity index (χ0) is 21.1. The topological polar surface area (TPSA) is 88.9 Å². The second-order valence-corrected chi connectivity index (χ2v) is 9.56. The summed E-state index contributed by atoms with van der Waals surface area (Å²) in [5.41, 5.74) is 2.73. The van der Waals surface area contributed by atoms with Crippen molar-refractivity contribution in [3.05, 3.63) is 82.5 Å². The van der Waals surface area contributed by atoms with E-state index < -0.39 is 10.0 Å². The second-order valence-electron chi connectivity index (χ2n) is 6.54. The highest BCUT2D eigenvalue weighted by Crippen LogP contribution is 2.23. The van der Waals surface area contributed by atoms with Gasteiger partial charge in [0.2, 0.25) is 0 Å². The van der Waals surface area contributed by atoms with Gasteiger partial charge in [0.15, 0.2) is 5.13 Å². The average molecular weight is 460 g/mol. The van der Waals surface area contributed by atoms with Gasteiger partial charge in [0.1, 0.15) is 5.82 Å². The predicted molar refractivity (Wildman–Crippen MR) is 120 cm³/mol. The van der Waals surface area contributed by atoms with Crippen LogP contribution < -0.4 is 10.0 Å². The summed E-state index contributed by atoms with van der Waals surface area (Å²) in [6, 6.07) is 16.1. The lowest BCUT2D eigenvalue weighted by molar-refractivity contribution is 0.601. The summed E-state index contributed by atoms with van der Waals surface area (Å²) < 4.78 is 29.1. The zero-order valence-corrected chi connectivity index (χ0v) is 18.3. The van der Waals surface area contributed by atoms with Crippen LogP contribution in [0.5, 0.6) is 0 Å². The molecule has 0 radical (unpaired) electrons. The lowest BCUT2D eigenvalue weighted by atomic mass is 10.1. The van der Waals surface area contributed by atoms with Gasteiger partial charge in [-0.05, 0) is 42.0 Å². The van der Waals surface area contributed by atoms with E-state index >= 15 is 0 Å². The van der Waals surface area contributed by atoms with Crippen LogP contribution in [0.3, 0.4) is 0 Å². The predicted octanol–water partition coefficient (Wildman–Crippen LogP) is 4.67. The highest BCUT2D eigenvalue weighted by atomic mass is 35.5. The van der Waals surface area contributed by atoms with Crippen LogP contribution in [0.4, 0.5) is 16.6 Å². The maximum Gasteiger partial charge on any atom is 0.263 e. The van der Waals surface area contributed by atoms with E-state index in [1.165, 1.54) is 11.3 Å². The number of aryl methyl sites for hydroxylation is 1. The normalized spacial score (nSPS) is 11.4. The van der Waals surface area contributed by atoms with Gasteiger partial charge in [-0.15, -0.1) is 11.3 Å². The number of halogens is 1. The van der Waals surface area contributed by atoms with Crippen LogP contribution in [0.2, 0.25) is 5.02 Å². The van der Waals surface area contributed by atoms with E-state index in [2.05, 4.69) is 20.1 Å². The molecule has 4 rings (SSSR count). The molecule has 10 heteroatoms. The number of sulfonamides is 1. The fraction of sp³-hybridized carbons (Fsp3) is 0.100. The monoisotopic (exact) mass is 459 g/mol. The number of benzene rings is 2. The third-order valence-electron chi connectivity index (χ3n) is 4.30. The highest BCUT2D eigenvalue weighted by molar-refractivity contribution is 7.93. The van der Waals surface area contributed by atoms with Crippen molar-refractivity contribution in [2.75, 3.05) is 10.0 Å². The average Bonchev–Trinajstić information content (AvgIpc) is 3.32. The van der Waals surface area contributed by atoms with E-state index in [0.717, 1.165) is 22.8 Å². The molecule has 0 unspecified atom stereocenters. The van der Waals surface area contributed by atoms with Gasteiger partial charge in [-0.1, -0.05) is 23.7 Å². The Morgan fingerprint density at radius 2 is 1.93 bits per heavy atom. The summed E-state index contributed by atoms with van der Waals surface area (Å²) in [6.45, 7) is 0. The van der Waals surface area contributed by atoms with Gasteiger partial charge in [0.05, 0.1) is 10.6 Å². The van der Waals surface area contributed by atoms with E-state index in [4.69, 9.17) is 11.6 Å². The van der Waals surface area contributed by atoms with Crippen LogP contribution in [0, 0.1) is 0 Å². The molecule has 0 aliphatic carbocycles. The summed E-state index contributed by atoms with van der Waals surface area (Å²) in [5, 5.41) is 10.5. The molecular formula is C20H18ClN5O2S2. The number of hydrogen-bond donors (Lipinski definition) is 2. The van der Waals surface area contributed by atoms with Crippen LogP contribution in [-0.2, 0) is 23.5 Å². The molecule has 2 aromatic carbocycles. The Morgan fingerprint density at radius 3 is 2.63 bits per heavy atom. The molecule has 7 nitrogen and oxygen atoms in total. The van der Waals surface area contributed by atoms with Gasteiger partial charge in [0, 0.05) is 41.8 Å². The van der Waals surface area contributed by atoms with E-state index in [1.54, 1.807) is 40.5 Å². The van der Waals surface area contributed by atoms with Crippen molar-refractivity contribution < 1.29 is 8.42 Å². The Hall–Kier alpha value is -2.88. The van der Waals surface area contributed by atoms with Gasteiger partial charge in [-0.25, -0.2) is 13.4 Å². The summed E-state index contributed by atoms with van der Waals surface area (Å²) in [5.74, 6) is 0.795. The number of anilines is 3. The molecule has 0 saturated heterocycles. The molecule has 154 valence electrons. The van der Waals surface area contributed by atoms with E-state index in [1.807, 2.05) is 37.4 Å². The largest absolute Gasteiger partial charge is 0.340 e. The quantitative estimate of drug-likeness (QED) is 0.419. The van der Waals surface area contributed by atoms with Crippen LogP contribution in [0.25, 0.3) is 0 Å². The molecular weight excluding hydrogens is 442 g/mol. The molecule has 30 heavy (non-hydrogen) atoms. The van der Waals surface area contributed by atoms with Crippen LogP contribution in [0.1, 0.15) is 11.3 Å². The second kappa shape index (κ2) is 8.47. The number of rotatable bonds is 7. The number of nitrogens with one attached hydrogen (secondary N) is 2. The van der Waals surface area contributed by atoms with E-state index in [0.29, 0.717) is 16.6 Å². The van der Waals surface area contributed by atoms with Crippen molar-refractivity contribution in [3.63, 3.8) is 0 Å². The molecule has 0 atom stereocenters. The molecule has 0 bridgehead atoms. The Balaban J connectivity index is 1.46. The third-order valence-corrected chi connectivity index (χ3v) is 6.70. The van der Waals surface area contributed by atoms with Crippen molar-refractivity contribution in [2.45, 2.75) is 11.3 Å². The van der Waals surface area contributed by atoms with Gasteiger partial charge in [-0.2, -0.15) is 5.10 Å². The fourth-order valence-corrected chi connectivity index (χ4v) is 4.90. The first-order chi connectivity index (χ1) is 14.4. The summed E-state index contributed by atoms with van der Waals surface area (Å²) in [7, 11) is -1.83. The molecule has 0 amide bonds. The van der Waals surface area contributed by atoms with Gasteiger partial charge in [0.25, 0.3) is 10.0 Å². The molecule has 0 aliphatic rings. The van der Waals surface area contributed by atoms with Gasteiger partial charge < -0.3 is 5.32 Å². The molecule has 2 N–H and O–H groups in total. The first-order valence-electron chi connectivity index (χ1n) is 8.96. The van der Waals surface area contributed by atoms with E-state index in [9.17, 15) is 8.42 Å². The van der Waals surface area contributed by atoms with Crippen molar-refractivity contribution in [2.24, 2.45) is 7.05 Å². The molecule has 4 aromatic rings. The number of nitrogens with zero attached hydrogens (tertiary/aromatic N) is 3. The summed E-state index contributed by atoms with van der Waals surface area (Å²) in [4.78, 5) is 4.11.